The summed E-state index contributed by atoms with van der Waals surface area (Å²) < 4.78 is 4.81. The third-order valence-electron chi connectivity index (χ3n) is 3.62. The van der Waals surface area contributed by atoms with E-state index < -0.39 is 22.3 Å². The zero-order valence-corrected chi connectivity index (χ0v) is 15.3. The normalized spacial score (nSPS) is 10.8. The SMILES string of the molecule is COC(=O)c1sc(N/N=C\c2ccc(O)c([N+](=O)[O-])c2)nc1-c1ccccc1. The highest BCUT2D eigenvalue weighted by Gasteiger charge is 2.20. The minimum Gasteiger partial charge on any atom is -0.502 e. The van der Waals surface area contributed by atoms with Gasteiger partial charge in [-0.25, -0.2) is 9.78 Å². The fourth-order valence-electron chi connectivity index (χ4n) is 2.32. The summed E-state index contributed by atoms with van der Waals surface area (Å²) in [5, 5.41) is 24.7. The van der Waals surface area contributed by atoms with Crippen molar-refractivity contribution in [2.24, 2.45) is 5.10 Å². The fourth-order valence-corrected chi connectivity index (χ4v) is 3.18. The molecule has 0 aliphatic rings. The Bertz CT molecular complexity index is 1050. The molecule has 0 bridgehead atoms. The Hall–Kier alpha value is -3.79. The third kappa shape index (κ3) is 4.13. The number of ether oxygens (including phenoxy) is 1. The molecule has 0 saturated heterocycles. The van der Waals surface area contributed by atoms with Crippen LogP contribution in [0.2, 0.25) is 0 Å². The van der Waals surface area contributed by atoms with Crippen LogP contribution in [0.5, 0.6) is 5.75 Å². The van der Waals surface area contributed by atoms with Crippen LogP contribution in [0.3, 0.4) is 0 Å². The summed E-state index contributed by atoms with van der Waals surface area (Å²) >= 11 is 1.07. The van der Waals surface area contributed by atoms with Gasteiger partial charge in [0.15, 0.2) is 5.75 Å². The maximum atomic E-state index is 12.0. The van der Waals surface area contributed by atoms with Crippen molar-refractivity contribution in [3.8, 4) is 17.0 Å². The molecule has 3 aromatic rings. The van der Waals surface area contributed by atoms with Crippen LogP contribution in [0.25, 0.3) is 11.3 Å². The van der Waals surface area contributed by atoms with Crippen molar-refractivity contribution in [2.45, 2.75) is 0 Å². The molecule has 0 fully saturated rings. The van der Waals surface area contributed by atoms with E-state index in [1.807, 2.05) is 30.3 Å². The van der Waals surface area contributed by atoms with Gasteiger partial charge in [-0.05, 0) is 12.1 Å². The number of hydrogen-bond acceptors (Lipinski definition) is 9. The van der Waals surface area contributed by atoms with Gasteiger partial charge in [0, 0.05) is 17.2 Å². The number of methoxy groups -OCH3 is 1. The van der Waals surface area contributed by atoms with Gasteiger partial charge in [-0.3, -0.25) is 15.5 Å². The number of anilines is 1. The van der Waals surface area contributed by atoms with Gasteiger partial charge >= 0.3 is 11.7 Å². The molecule has 1 heterocycles. The van der Waals surface area contributed by atoms with Crippen LogP contribution >= 0.6 is 11.3 Å². The van der Waals surface area contributed by atoms with Crippen LogP contribution in [0.15, 0.2) is 53.6 Å². The lowest BCUT2D eigenvalue weighted by atomic mass is 10.1. The first-order valence-electron chi connectivity index (χ1n) is 7.90. The predicted octanol–water partition coefficient (Wildman–Crippen LogP) is 3.66. The van der Waals surface area contributed by atoms with Gasteiger partial charge in [0.2, 0.25) is 5.13 Å². The minimum absolute atomic E-state index is 0.326. The van der Waals surface area contributed by atoms with Crippen LogP contribution in [0, 0.1) is 10.1 Å². The molecule has 1 aromatic heterocycles. The van der Waals surface area contributed by atoms with E-state index in [1.165, 1.54) is 31.5 Å². The molecule has 28 heavy (non-hydrogen) atoms. The number of phenols is 1. The molecule has 142 valence electrons. The Morgan fingerprint density at radius 3 is 2.75 bits per heavy atom. The Morgan fingerprint density at radius 2 is 2.07 bits per heavy atom. The smallest absolute Gasteiger partial charge is 0.350 e. The zero-order valence-electron chi connectivity index (χ0n) is 14.5. The first-order valence-corrected chi connectivity index (χ1v) is 8.72. The van der Waals surface area contributed by atoms with Gasteiger partial charge in [-0.2, -0.15) is 5.10 Å². The minimum atomic E-state index is -0.685. The number of hydrogen-bond donors (Lipinski definition) is 2. The standard InChI is InChI=1S/C18H14N4O5S/c1-27-17(24)16-15(12-5-3-2-4-6-12)20-18(28-16)21-19-10-11-7-8-14(23)13(9-11)22(25)26/h2-10,23H,1H3,(H,20,21)/b19-10-. The number of carbonyl (C=O) groups is 1. The Labute approximate surface area is 163 Å². The lowest BCUT2D eigenvalue weighted by molar-refractivity contribution is -0.385. The molecule has 0 aliphatic heterocycles. The number of esters is 1. The van der Waals surface area contributed by atoms with Crippen LogP contribution in [-0.4, -0.2) is 34.3 Å². The van der Waals surface area contributed by atoms with E-state index in [9.17, 15) is 20.0 Å². The summed E-state index contributed by atoms with van der Waals surface area (Å²) in [5.41, 5.74) is 3.91. The van der Waals surface area contributed by atoms with Crippen molar-refractivity contribution >= 4 is 34.3 Å². The molecule has 0 saturated carbocycles. The highest BCUT2D eigenvalue weighted by Crippen LogP contribution is 2.31. The zero-order chi connectivity index (χ0) is 20.1. The van der Waals surface area contributed by atoms with E-state index in [0.717, 1.165) is 16.9 Å². The van der Waals surface area contributed by atoms with Gasteiger partial charge in [0.05, 0.1) is 23.9 Å². The molecular weight excluding hydrogens is 384 g/mol. The molecule has 0 radical (unpaired) electrons. The molecular formula is C18H14N4O5S. The van der Waals surface area contributed by atoms with E-state index in [2.05, 4.69) is 15.5 Å². The van der Waals surface area contributed by atoms with Crippen molar-refractivity contribution in [1.29, 1.82) is 0 Å². The Balaban J connectivity index is 1.84. The van der Waals surface area contributed by atoms with E-state index in [4.69, 9.17) is 4.74 Å². The Kier molecular flexibility index (Phi) is 5.61. The van der Waals surface area contributed by atoms with Crippen LogP contribution < -0.4 is 5.43 Å². The van der Waals surface area contributed by atoms with Gasteiger partial charge in [-0.15, -0.1) is 0 Å². The number of nitro groups is 1. The molecule has 0 aliphatic carbocycles. The second-order valence-electron chi connectivity index (χ2n) is 5.43. The monoisotopic (exact) mass is 398 g/mol. The number of thiazole rings is 1. The fraction of sp³-hybridized carbons (Fsp3) is 0.0556. The maximum Gasteiger partial charge on any atom is 0.350 e. The van der Waals surface area contributed by atoms with Crippen LogP contribution in [-0.2, 0) is 4.74 Å². The van der Waals surface area contributed by atoms with Gasteiger partial charge in [-0.1, -0.05) is 41.7 Å². The highest BCUT2D eigenvalue weighted by molar-refractivity contribution is 7.17. The molecule has 2 aromatic carbocycles. The van der Waals surface area contributed by atoms with E-state index in [1.54, 1.807) is 0 Å². The summed E-state index contributed by atoms with van der Waals surface area (Å²) in [5.74, 6) is -0.937. The highest BCUT2D eigenvalue weighted by atomic mass is 32.1. The number of rotatable bonds is 6. The first-order chi connectivity index (χ1) is 13.5. The summed E-state index contributed by atoms with van der Waals surface area (Å²) in [4.78, 5) is 26.9. The summed E-state index contributed by atoms with van der Waals surface area (Å²) in [6, 6.07) is 13.0. The maximum absolute atomic E-state index is 12.0. The molecule has 0 spiro atoms. The number of hydrazone groups is 1. The average Bonchev–Trinajstić information content (AvgIpc) is 3.13. The van der Waals surface area contributed by atoms with Crippen molar-refractivity contribution in [3.63, 3.8) is 0 Å². The molecule has 2 N–H and O–H groups in total. The summed E-state index contributed by atoms with van der Waals surface area (Å²) in [7, 11) is 1.29. The van der Waals surface area contributed by atoms with E-state index in [0.29, 0.717) is 21.3 Å². The summed E-state index contributed by atoms with van der Waals surface area (Å²) in [6.45, 7) is 0. The average molecular weight is 398 g/mol. The predicted molar refractivity (Wildman–Crippen MR) is 105 cm³/mol. The molecule has 9 nitrogen and oxygen atoms in total. The van der Waals surface area contributed by atoms with Gasteiger partial charge < -0.3 is 9.84 Å². The quantitative estimate of drug-likeness (QED) is 0.281. The topological polar surface area (TPSA) is 127 Å². The second-order valence-corrected chi connectivity index (χ2v) is 6.43. The third-order valence-corrected chi connectivity index (χ3v) is 4.56. The largest absolute Gasteiger partial charge is 0.502 e. The number of aromatic nitrogens is 1. The van der Waals surface area contributed by atoms with Crippen molar-refractivity contribution < 1.29 is 19.6 Å². The number of aromatic hydroxyl groups is 1. The number of nitro benzene ring substituents is 1. The molecule has 0 atom stereocenters. The molecule has 0 unspecified atom stereocenters. The van der Waals surface area contributed by atoms with E-state index >= 15 is 0 Å². The molecule has 0 amide bonds. The molecule has 10 heteroatoms. The first kappa shape index (κ1) is 19.0. The lowest BCUT2D eigenvalue weighted by Gasteiger charge is -1.99. The van der Waals surface area contributed by atoms with Gasteiger partial charge in [0.25, 0.3) is 0 Å². The lowest BCUT2D eigenvalue weighted by Crippen LogP contribution is -2.00. The van der Waals surface area contributed by atoms with Crippen molar-refractivity contribution in [3.05, 3.63) is 69.1 Å². The van der Waals surface area contributed by atoms with Crippen molar-refractivity contribution in [1.82, 2.24) is 4.98 Å². The van der Waals surface area contributed by atoms with Crippen LogP contribution in [0.4, 0.5) is 10.8 Å². The van der Waals surface area contributed by atoms with Crippen LogP contribution in [0.1, 0.15) is 15.2 Å². The van der Waals surface area contributed by atoms with E-state index in [-0.39, 0.29) is 0 Å². The Morgan fingerprint density at radius 1 is 1.32 bits per heavy atom. The van der Waals surface area contributed by atoms with Crippen molar-refractivity contribution in [2.75, 3.05) is 12.5 Å². The van der Waals surface area contributed by atoms with Gasteiger partial charge in [0.1, 0.15) is 4.88 Å². The summed E-state index contributed by atoms with van der Waals surface area (Å²) in [6.07, 6.45) is 1.34. The number of carbonyl (C=O) groups excluding carboxylic acids is 1. The number of nitrogens with zero attached hydrogens (tertiary/aromatic N) is 3. The number of benzene rings is 2. The second kappa shape index (κ2) is 8.27. The molecule has 3 rings (SSSR count). The number of nitrogens with one attached hydrogen (secondary N) is 1. The number of phenolic OH excluding ortho intramolecular Hbond substituents is 1.